The van der Waals surface area contributed by atoms with Gasteiger partial charge in [-0.05, 0) is 50.1 Å². The van der Waals surface area contributed by atoms with E-state index in [0.29, 0.717) is 6.54 Å². The lowest BCUT2D eigenvalue weighted by Gasteiger charge is -2.36. The number of ether oxygens (including phenoxy) is 1. The summed E-state index contributed by atoms with van der Waals surface area (Å²) in [7, 11) is 0. The van der Waals surface area contributed by atoms with Gasteiger partial charge in [0.1, 0.15) is 11.6 Å². The Morgan fingerprint density at radius 1 is 1.25 bits per heavy atom. The minimum Gasteiger partial charge on any atom is -0.507 e. The van der Waals surface area contributed by atoms with Crippen LogP contribution in [-0.4, -0.2) is 47.1 Å². The van der Waals surface area contributed by atoms with Crippen molar-refractivity contribution in [3.63, 3.8) is 0 Å². The number of aromatic hydroxyl groups is 1. The van der Waals surface area contributed by atoms with Crippen LogP contribution in [-0.2, 0) is 4.74 Å². The predicted octanol–water partition coefficient (Wildman–Crippen LogP) is 2.66. The van der Waals surface area contributed by atoms with Crippen LogP contribution in [0.4, 0.5) is 5.82 Å². The van der Waals surface area contributed by atoms with Gasteiger partial charge in [0.15, 0.2) is 0 Å². The molecule has 0 amide bonds. The van der Waals surface area contributed by atoms with Crippen molar-refractivity contribution in [1.82, 2.24) is 4.98 Å². The van der Waals surface area contributed by atoms with Gasteiger partial charge < -0.3 is 19.8 Å². The molecule has 0 spiro atoms. The van der Waals surface area contributed by atoms with Crippen LogP contribution >= 0.6 is 0 Å². The lowest BCUT2D eigenvalue weighted by Crippen LogP contribution is -2.48. The van der Waals surface area contributed by atoms with E-state index < -0.39 is 0 Å². The molecular formula is C19H24N2O3. The molecule has 0 radical (unpaired) electrons. The van der Waals surface area contributed by atoms with Crippen molar-refractivity contribution < 1.29 is 14.9 Å². The summed E-state index contributed by atoms with van der Waals surface area (Å²) in [6, 6.07) is 7.76. The van der Waals surface area contributed by atoms with Gasteiger partial charge in [0, 0.05) is 30.4 Å². The number of anilines is 1. The zero-order valence-electron chi connectivity index (χ0n) is 14.4. The third kappa shape index (κ3) is 3.37. The van der Waals surface area contributed by atoms with Crippen molar-refractivity contribution in [2.24, 2.45) is 0 Å². The van der Waals surface area contributed by atoms with Gasteiger partial charge in [-0.1, -0.05) is 6.07 Å². The number of phenolic OH excluding ortho intramolecular Hbond substituents is 1. The number of rotatable bonds is 3. The highest BCUT2D eigenvalue weighted by atomic mass is 16.5. The number of hydrogen-bond donors (Lipinski definition) is 2. The number of pyridine rings is 1. The van der Waals surface area contributed by atoms with Gasteiger partial charge >= 0.3 is 0 Å². The van der Waals surface area contributed by atoms with E-state index in [0.717, 1.165) is 34.6 Å². The SMILES string of the molecule is Cc1cc(C)c(-c2ccc(N3C[C@@H](CO)O[C@@H](C)C3)nc2)c(O)c1. The van der Waals surface area contributed by atoms with E-state index in [1.807, 2.05) is 32.9 Å². The normalized spacial score (nSPS) is 21.1. The fraction of sp³-hybridized carbons (Fsp3) is 0.421. The minimum absolute atomic E-state index is 0.00928. The predicted molar refractivity (Wildman–Crippen MR) is 94.4 cm³/mol. The highest BCUT2D eigenvalue weighted by Crippen LogP contribution is 2.33. The van der Waals surface area contributed by atoms with Crippen LogP contribution in [0.3, 0.4) is 0 Å². The Hall–Kier alpha value is -2.11. The van der Waals surface area contributed by atoms with E-state index in [1.54, 1.807) is 12.3 Å². The number of phenols is 1. The second kappa shape index (κ2) is 6.79. The molecule has 1 aromatic carbocycles. The van der Waals surface area contributed by atoms with Crippen molar-refractivity contribution in [2.45, 2.75) is 33.0 Å². The van der Waals surface area contributed by atoms with Crippen LogP contribution < -0.4 is 4.90 Å². The van der Waals surface area contributed by atoms with Crippen LogP contribution in [0.25, 0.3) is 11.1 Å². The number of aromatic nitrogens is 1. The summed E-state index contributed by atoms with van der Waals surface area (Å²) in [6.07, 6.45) is 1.67. The van der Waals surface area contributed by atoms with Crippen molar-refractivity contribution >= 4 is 5.82 Å². The number of nitrogens with zero attached hydrogens (tertiary/aromatic N) is 2. The van der Waals surface area contributed by atoms with Gasteiger partial charge in [0.25, 0.3) is 0 Å². The molecule has 5 heteroatoms. The molecule has 1 aliphatic heterocycles. The Balaban J connectivity index is 1.86. The fourth-order valence-corrected chi connectivity index (χ4v) is 3.37. The number of aliphatic hydroxyl groups excluding tert-OH is 1. The first-order valence-electron chi connectivity index (χ1n) is 8.26. The smallest absolute Gasteiger partial charge is 0.128 e. The molecule has 1 aliphatic rings. The van der Waals surface area contributed by atoms with Crippen LogP contribution in [0.2, 0.25) is 0 Å². The molecule has 24 heavy (non-hydrogen) atoms. The number of morpholine rings is 1. The molecule has 1 fully saturated rings. The summed E-state index contributed by atoms with van der Waals surface area (Å²) in [5.41, 5.74) is 3.79. The molecule has 2 heterocycles. The first kappa shape index (κ1) is 16.7. The largest absolute Gasteiger partial charge is 0.507 e. The van der Waals surface area contributed by atoms with Crippen molar-refractivity contribution in [3.8, 4) is 16.9 Å². The highest BCUT2D eigenvalue weighted by molar-refractivity contribution is 5.74. The van der Waals surface area contributed by atoms with E-state index in [9.17, 15) is 10.2 Å². The second-order valence-corrected chi connectivity index (χ2v) is 6.54. The van der Waals surface area contributed by atoms with Gasteiger partial charge in [0.2, 0.25) is 0 Å². The minimum atomic E-state index is -0.182. The van der Waals surface area contributed by atoms with E-state index >= 15 is 0 Å². The maximum Gasteiger partial charge on any atom is 0.128 e. The van der Waals surface area contributed by atoms with Crippen molar-refractivity contribution in [3.05, 3.63) is 41.6 Å². The first-order chi connectivity index (χ1) is 11.5. The third-order valence-corrected chi connectivity index (χ3v) is 4.35. The summed E-state index contributed by atoms with van der Waals surface area (Å²) in [5, 5.41) is 19.6. The summed E-state index contributed by atoms with van der Waals surface area (Å²) < 4.78 is 5.67. The molecular weight excluding hydrogens is 304 g/mol. The van der Waals surface area contributed by atoms with Gasteiger partial charge in [0.05, 0.1) is 18.8 Å². The molecule has 2 N–H and O–H groups in total. The number of hydrogen-bond acceptors (Lipinski definition) is 5. The third-order valence-electron chi connectivity index (χ3n) is 4.35. The molecule has 2 atom stereocenters. The monoisotopic (exact) mass is 328 g/mol. The Labute approximate surface area is 142 Å². The zero-order chi connectivity index (χ0) is 17.3. The van der Waals surface area contributed by atoms with Gasteiger partial charge in [-0.15, -0.1) is 0 Å². The standard InChI is InChI=1S/C19H24N2O3/c1-12-6-13(2)19(17(23)7-12)15-4-5-18(20-8-15)21-9-14(3)24-16(10-21)11-22/h4-8,14,16,22-23H,9-11H2,1-3H3/t14-,16-/m0/s1. The number of aliphatic hydroxyl groups is 1. The van der Waals surface area contributed by atoms with Gasteiger partial charge in [-0.3, -0.25) is 0 Å². The fourth-order valence-electron chi connectivity index (χ4n) is 3.37. The Bertz CT molecular complexity index is 692. The molecule has 3 rings (SSSR count). The topological polar surface area (TPSA) is 65.8 Å². The maximum atomic E-state index is 10.3. The summed E-state index contributed by atoms with van der Waals surface area (Å²) in [5.74, 6) is 1.14. The summed E-state index contributed by atoms with van der Waals surface area (Å²) in [6.45, 7) is 7.34. The Kier molecular flexibility index (Phi) is 4.73. The lowest BCUT2D eigenvalue weighted by atomic mass is 9.99. The Morgan fingerprint density at radius 2 is 2.04 bits per heavy atom. The van der Waals surface area contributed by atoms with Crippen LogP contribution in [0, 0.1) is 13.8 Å². The van der Waals surface area contributed by atoms with Gasteiger partial charge in [-0.25, -0.2) is 4.98 Å². The van der Waals surface area contributed by atoms with E-state index in [-0.39, 0.29) is 24.6 Å². The average molecular weight is 328 g/mol. The molecule has 2 aromatic rings. The van der Waals surface area contributed by atoms with E-state index in [1.165, 1.54) is 0 Å². The van der Waals surface area contributed by atoms with Crippen LogP contribution in [0.1, 0.15) is 18.1 Å². The van der Waals surface area contributed by atoms with Crippen LogP contribution in [0.15, 0.2) is 30.5 Å². The van der Waals surface area contributed by atoms with Crippen molar-refractivity contribution in [1.29, 1.82) is 0 Å². The number of aryl methyl sites for hydroxylation is 2. The Morgan fingerprint density at radius 3 is 2.67 bits per heavy atom. The van der Waals surface area contributed by atoms with E-state index in [4.69, 9.17) is 4.74 Å². The molecule has 0 bridgehead atoms. The molecule has 0 unspecified atom stereocenters. The zero-order valence-corrected chi connectivity index (χ0v) is 14.4. The molecule has 128 valence electrons. The molecule has 0 saturated carbocycles. The molecule has 1 aromatic heterocycles. The lowest BCUT2D eigenvalue weighted by molar-refractivity contribution is -0.0423. The quantitative estimate of drug-likeness (QED) is 0.907. The molecule has 5 nitrogen and oxygen atoms in total. The summed E-state index contributed by atoms with van der Waals surface area (Å²) >= 11 is 0. The average Bonchev–Trinajstić information content (AvgIpc) is 2.54. The second-order valence-electron chi connectivity index (χ2n) is 6.54. The number of benzene rings is 1. The van der Waals surface area contributed by atoms with Crippen molar-refractivity contribution in [2.75, 3.05) is 24.6 Å². The first-order valence-corrected chi connectivity index (χ1v) is 8.26. The molecule has 0 aliphatic carbocycles. The van der Waals surface area contributed by atoms with E-state index in [2.05, 4.69) is 16.0 Å². The molecule has 1 saturated heterocycles. The maximum absolute atomic E-state index is 10.3. The highest BCUT2D eigenvalue weighted by Gasteiger charge is 2.25. The summed E-state index contributed by atoms with van der Waals surface area (Å²) in [4.78, 5) is 6.69. The van der Waals surface area contributed by atoms with Gasteiger partial charge in [-0.2, -0.15) is 0 Å². The van der Waals surface area contributed by atoms with Crippen LogP contribution in [0.5, 0.6) is 5.75 Å².